The van der Waals surface area contributed by atoms with Crippen molar-refractivity contribution in [1.29, 1.82) is 0 Å². The highest BCUT2D eigenvalue weighted by atomic mass is 32.2. The highest BCUT2D eigenvalue weighted by Crippen LogP contribution is 2.23. The molecule has 4 nitrogen and oxygen atoms in total. The quantitative estimate of drug-likeness (QED) is 0.450. The maximum Gasteiger partial charge on any atom is 0.0724 e. The van der Waals surface area contributed by atoms with E-state index in [-0.39, 0.29) is 11.1 Å². The normalized spacial score (nSPS) is 10.8. The fourth-order valence-electron chi connectivity index (χ4n) is 2.82. The number of carboxylic acids is 2. The zero-order valence-electron chi connectivity index (χ0n) is 15.7. The fourth-order valence-corrected chi connectivity index (χ4v) is 4.51. The molecule has 0 aromatic heterocycles. The minimum Gasteiger partial charge on any atom is -0.545 e. The van der Waals surface area contributed by atoms with Gasteiger partial charge in [0, 0.05) is 11.1 Å². The number of hydrogen-bond acceptors (Lipinski definition) is 6. The minimum absolute atomic E-state index is 0.191. The first kappa shape index (κ1) is 22.9. The predicted octanol–water partition coefficient (Wildman–Crippen LogP) is 2.57. The van der Waals surface area contributed by atoms with Crippen LogP contribution in [0, 0.1) is 0 Å². The van der Waals surface area contributed by atoms with Crippen LogP contribution in [0.5, 0.6) is 0 Å². The molecule has 1 aromatic rings. The summed E-state index contributed by atoms with van der Waals surface area (Å²) in [6.45, 7) is 4.27. The van der Waals surface area contributed by atoms with Crippen molar-refractivity contribution >= 4 is 35.5 Å². The first-order chi connectivity index (χ1) is 12.5. The summed E-state index contributed by atoms with van der Waals surface area (Å²) in [6.07, 6.45) is 5.31. The molecule has 0 radical (unpaired) electrons. The van der Waals surface area contributed by atoms with Crippen LogP contribution in [0.15, 0.2) is 12.1 Å². The zero-order chi connectivity index (χ0) is 19.4. The number of aromatic carboxylic acids is 2. The second-order valence-electron chi connectivity index (χ2n) is 6.13. The molecule has 0 unspecified atom stereocenters. The van der Waals surface area contributed by atoms with Crippen molar-refractivity contribution in [2.75, 3.05) is 23.0 Å². The van der Waals surface area contributed by atoms with E-state index in [4.69, 9.17) is 0 Å². The van der Waals surface area contributed by atoms with Gasteiger partial charge in [0.25, 0.3) is 0 Å². The van der Waals surface area contributed by atoms with Gasteiger partial charge in [-0.1, -0.05) is 26.0 Å². The van der Waals surface area contributed by atoms with Crippen LogP contribution in [0.25, 0.3) is 0 Å². The summed E-state index contributed by atoms with van der Waals surface area (Å²) < 4.78 is 0. The van der Waals surface area contributed by atoms with Gasteiger partial charge in [-0.2, -0.15) is 23.5 Å². The number of carboxylic acid groups (broad SMARTS) is 2. The Labute approximate surface area is 165 Å². The third-order valence-electron chi connectivity index (χ3n) is 3.98. The van der Waals surface area contributed by atoms with Crippen molar-refractivity contribution in [1.82, 2.24) is 0 Å². The Kier molecular flexibility index (Phi) is 11.5. The molecule has 0 aliphatic rings. The molecule has 0 heterocycles. The molecule has 0 saturated carbocycles. The van der Waals surface area contributed by atoms with Gasteiger partial charge in [0.2, 0.25) is 0 Å². The van der Waals surface area contributed by atoms with Crippen molar-refractivity contribution in [2.24, 2.45) is 0 Å². The van der Waals surface area contributed by atoms with E-state index in [1.54, 1.807) is 6.07 Å². The van der Waals surface area contributed by atoms with E-state index in [1.165, 1.54) is 6.07 Å². The Hall–Kier alpha value is -1.14. The highest BCUT2D eigenvalue weighted by Gasteiger charge is 2.15. The molecule has 1 rings (SSSR count). The van der Waals surface area contributed by atoms with E-state index in [0.29, 0.717) is 12.0 Å². The van der Waals surface area contributed by atoms with Gasteiger partial charge in [0.1, 0.15) is 0 Å². The Morgan fingerprint density at radius 2 is 1.42 bits per heavy atom. The lowest BCUT2D eigenvalue weighted by molar-refractivity contribution is -0.259. The molecule has 0 saturated heterocycles. The van der Waals surface area contributed by atoms with Crippen molar-refractivity contribution in [2.45, 2.75) is 52.4 Å². The first-order valence-corrected chi connectivity index (χ1v) is 11.6. The number of thioether (sulfide) groups is 2. The summed E-state index contributed by atoms with van der Waals surface area (Å²) in [5.74, 6) is 1.26. The predicted molar refractivity (Wildman–Crippen MR) is 107 cm³/mol. The van der Waals surface area contributed by atoms with E-state index >= 15 is 0 Å². The van der Waals surface area contributed by atoms with Gasteiger partial charge in [0.15, 0.2) is 0 Å². The van der Waals surface area contributed by atoms with E-state index < -0.39 is 11.9 Å². The van der Waals surface area contributed by atoms with Crippen LogP contribution < -0.4 is 10.2 Å². The number of hydrogen-bond donors (Lipinski definition) is 0. The topological polar surface area (TPSA) is 80.3 Å². The summed E-state index contributed by atoms with van der Waals surface area (Å²) in [4.78, 5) is 23.0. The lowest BCUT2D eigenvalue weighted by Crippen LogP contribution is -2.31. The molecule has 1 aromatic carbocycles. The molecule has 0 fully saturated rings. The molecule has 146 valence electrons. The molecule has 26 heavy (non-hydrogen) atoms. The second kappa shape index (κ2) is 13.1. The van der Waals surface area contributed by atoms with Gasteiger partial charge in [-0.15, -0.1) is 0 Å². The fraction of sp³-hybridized carbons (Fsp3) is 0.600. The van der Waals surface area contributed by atoms with Crippen LogP contribution in [0.4, 0.5) is 0 Å². The third kappa shape index (κ3) is 7.62. The van der Waals surface area contributed by atoms with E-state index in [0.717, 1.165) is 60.7 Å². The van der Waals surface area contributed by atoms with Gasteiger partial charge in [-0.25, -0.2) is 0 Å². The molecule has 0 N–H and O–H groups in total. The average molecular weight is 397 g/mol. The Balaban J connectivity index is 2.96. The van der Waals surface area contributed by atoms with Crippen LogP contribution in [-0.4, -0.2) is 35.0 Å². The van der Waals surface area contributed by atoms with Crippen LogP contribution >= 0.6 is 23.5 Å². The van der Waals surface area contributed by atoms with Crippen molar-refractivity contribution in [3.05, 3.63) is 34.4 Å². The Morgan fingerprint density at radius 1 is 0.846 bits per heavy atom. The Morgan fingerprint density at radius 3 is 1.92 bits per heavy atom. The summed E-state index contributed by atoms with van der Waals surface area (Å²) in [7, 11) is 0. The summed E-state index contributed by atoms with van der Waals surface area (Å²) in [6, 6.07) is 3.10. The number of carbonyl (C=O) groups is 2. The highest BCUT2D eigenvalue weighted by molar-refractivity contribution is 7.99. The molecule has 0 atom stereocenters. The third-order valence-corrected chi connectivity index (χ3v) is 6.53. The maximum atomic E-state index is 11.6. The van der Waals surface area contributed by atoms with Gasteiger partial charge >= 0.3 is 0 Å². The molecular formula is C20H28O4S2-2. The van der Waals surface area contributed by atoms with Crippen molar-refractivity contribution < 1.29 is 19.8 Å². The summed E-state index contributed by atoms with van der Waals surface area (Å²) in [5.41, 5.74) is 1.07. The number of aryl methyl sites for hydroxylation is 1. The van der Waals surface area contributed by atoms with Crippen LogP contribution in [0.2, 0.25) is 0 Å². The SMILES string of the molecule is CCCSCCCc1ccc(C(=O)[O-])c(C(=O)[O-])c1CCCSCCC. The summed E-state index contributed by atoms with van der Waals surface area (Å²) >= 11 is 3.72. The van der Waals surface area contributed by atoms with Crippen LogP contribution in [0.3, 0.4) is 0 Å². The summed E-state index contributed by atoms with van der Waals surface area (Å²) in [5, 5.41) is 23.0. The first-order valence-electron chi connectivity index (χ1n) is 9.25. The Bertz CT molecular complexity index is 587. The van der Waals surface area contributed by atoms with Crippen molar-refractivity contribution in [3.8, 4) is 0 Å². The van der Waals surface area contributed by atoms with Crippen LogP contribution in [-0.2, 0) is 12.8 Å². The van der Waals surface area contributed by atoms with E-state index in [2.05, 4.69) is 13.8 Å². The molecule has 0 amide bonds. The molecular weight excluding hydrogens is 368 g/mol. The smallest absolute Gasteiger partial charge is 0.0724 e. The monoisotopic (exact) mass is 396 g/mol. The maximum absolute atomic E-state index is 11.6. The van der Waals surface area contributed by atoms with Crippen LogP contribution in [0.1, 0.15) is 71.4 Å². The molecule has 6 heteroatoms. The number of benzene rings is 1. The van der Waals surface area contributed by atoms with E-state index in [1.807, 2.05) is 23.5 Å². The largest absolute Gasteiger partial charge is 0.545 e. The lowest BCUT2D eigenvalue weighted by Gasteiger charge is -2.20. The number of rotatable bonds is 14. The zero-order valence-corrected chi connectivity index (χ0v) is 17.3. The lowest BCUT2D eigenvalue weighted by atomic mass is 9.91. The van der Waals surface area contributed by atoms with E-state index in [9.17, 15) is 19.8 Å². The standard InChI is InChI=1S/C20H30O4S2/c1-3-11-25-13-5-7-15-9-10-17(19(21)22)18(20(23)24)16(15)8-6-14-26-12-4-2/h9-10H,3-8,11-14H2,1-2H3,(H,21,22)(H,23,24)/p-2. The van der Waals surface area contributed by atoms with Gasteiger partial charge in [0.05, 0.1) is 11.9 Å². The van der Waals surface area contributed by atoms with Gasteiger partial charge < -0.3 is 19.8 Å². The van der Waals surface area contributed by atoms with Gasteiger partial charge in [-0.05, 0) is 72.7 Å². The second-order valence-corrected chi connectivity index (χ2v) is 8.58. The number of carbonyl (C=O) groups excluding carboxylic acids is 2. The van der Waals surface area contributed by atoms with Crippen molar-refractivity contribution in [3.63, 3.8) is 0 Å². The minimum atomic E-state index is -1.46. The average Bonchev–Trinajstić information content (AvgIpc) is 2.61. The molecule has 0 bridgehead atoms. The molecule has 0 spiro atoms. The molecule has 0 aliphatic heterocycles. The van der Waals surface area contributed by atoms with Gasteiger partial charge in [-0.3, -0.25) is 0 Å². The molecule has 0 aliphatic carbocycles.